The van der Waals surface area contributed by atoms with E-state index < -0.39 is 16.1 Å². The molecule has 2 rings (SSSR count). The van der Waals surface area contributed by atoms with E-state index in [4.69, 9.17) is 28.9 Å². The van der Waals surface area contributed by atoms with Crippen molar-refractivity contribution in [1.29, 1.82) is 0 Å². The van der Waals surface area contributed by atoms with Crippen LogP contribution >= 0.6 is 23.2 Å². The van der Waals surface area contributed by atoms with E-state index in [0.717, 1.165) is 0 Å². The number of aliphatic hydroxyl groups excluding tert-OH is 1. The van der Waals surface area contributed by atoms with E-state index in [-0.39, 0.29) is 33.9 Å². The third kappa shape index (κ3) is 2.89. The minimum atomic E-state index is -3.79. The highest BCUT2D eigenvalue weighted by Crippen LogP contribution is 2.35. The van der Waals surface area contributed by atoms with Gasteiger partial charge in [0.1, 0.15) is 4.90 Å². The number of sulfonamides is 1. The maximum absolute atomic E-state index is 12.6. The van der Waals surface area contributed by atoms with Crippen molar-refractivity contribution in [3.05, 3.63) is 22.2 Å². The van der Waals surface area contributed by atoms with Crippen LogP contribution in [0.25, 0.3) is 0 Å². The summed E-state index contributed by atoms with van der Waals surface area (Å²) < 4.78 is 26.6. The van der Waals surface area contributed by atoms with Crippen molar-refractivity contribution < 1.29 is 13.5 Å². The van der Waals surface area contributed by atoms with Crippen molar-refractivity contribution in [1.82, 2.24) is 4.31 Å². The number of anilines is 1. The van der Waals surface area contributed by atoms with Crippen LogP contribution in [0.15, 0.2) is 17.0 Å². The quantitative estimate of drug-likeness (QED) is 0.807. The first-order valence-corrected chi connectivity index (χ1v) is 8.36. The number of nitrogens with zero attached hydrogens (tertiary/aromatic N) is 1. The van der Waals surface area contributed by atoms with Gasteiger partial charge in [0.2, 0.25) is 10.0 Å². The minimum absolute atomic E-state index is 0.00813. The average Bonchev–Trinajstić information content (AvgIpc) is 2.30. The molecule has 8 heteroatoms. The van der Waals surface area contributed by atoms with Gasteiger partial charge in [-0.15, -0.1) is 0 Å². The maximum atomic E-state index is 12.6. The highest BCUT2D eigenvalue weighted by Gasteiger charge is 2.35. The van der Waals surface area contributed by atoms with Crippen molar-refractivity contribution in [2.24, 2.45) is 5.92 Å². The number of nitrogen functional groups attached to an aromatic ring is 1. The number of nitrogens with two attached hydrogens (primary N) is 1. The molecular weight excluding hydrogens is 323 g/mol. The molecule has 1 fully saturated rings. The highest BCUT2D eigenvalue weighted by molar-refractivity contribution is 7.89. The Morgan fingerprint density at radius 1 is 1.35 bits per heavy atom. The van der Waals surface area contributed by atoms with E-state index in [9.17, 15) is 13.5 Å². The van der Waals surface area contributed by atoms with Crippen LogP contribution in [0, 0.1) is 5.92 Å². The number of hydrogen-bond donors (Lipinski definition) is 2. The Hall–Kier alpha value is -0.530. The monoisotopic (exact) mass is 338 g/mol. The first kappa shape index (κ1) is 15.9. The fraction of sp³-hybridized carbons (Fsp3) is 0.500. The molecule has 1 aromatic rings. The fourth-order valence-corrected chi connectivity index (χ4v) is 5.00. The Labute approximate surface area is 128 Å². The predicted molar refractivity (Wildman–Crippen MR) is 79.4 cm³/mol. The standard InChI is InChI=1S/C12H16Cl2N2O3S/c1-7-6-16(3-2-11(7)17)20(18,19)12-9(13)4-8(15)5-10(12)14/h4-5,7,11,17H,2-3,6,15H2,1H3. The molecule has 20 heavy (non-hydrogen) atoms. The van der Waals surface area contributed by atoms with E-state index >= 15 is 0 Å². The Kier molecular flexibility index (Phi) is 4.51. The third-order valence-corrected chi connectivity index (χ3v) is 6.23. The molecule has 1 aliphatic rings. The molecule has 0 aromatic heterocycles. The molecule has 0 amide bonds. The molecule has 2 atom stereocenters. The first-order valence-electron chi connectivity index (χ1n) is 6.16. The second kappa shape index (κ2) is 5.69. The van der Waals surface area contributed by atoms with Crippen LogP contribution in [0.3, 0.4) is 0 Å². The highest BCUT2D eigenvalue weighted by atomic mass is 35.5. The first-order chi connectivity index (χ1) is 9.23. The van der Waals surface area contributed by atoms with E-state index in [2.05, 4.69) is 0 Å². The zero-order valence-electron chi connectivity index (χ0n) is 10.9. The van der Waals surface area contributed by atoms with Gasteiger partial charge in [-0.05, 0) is 24.5 Å². The second-order valence-corrected chi connectivity index (χ2v) is 7.70. The lowest BCUT2D eigenvalue weighted by atomic mass is 9.99. The zero-order valence-corrected chi connectivity index (χ0v) is 13.2. The van der Waals surface area contributed by atoms with Crippen molar-refractivity contribution in [3.8, 4) is 0 Å². The zero-order chi connectivity index (χ0) is 15.1. The molecule has 0 bridgehead atoms. The summed E-state index contributed by atoms with van der Waals surface area (Å²) in [4.78, 5) is -0.126. The number of aliphatic hydroxyl groups is 1. The van der Waals surface area contributed by atoms with E-state index in [1.165, 1.54) is 16.4 Å². The van der Waals surface area contributed by atoms with Crippen LogP contribution in [0.2, 0.25) is 10.0 Å². The Morgan fingerprint density at radius 3 is 2.40 bits per heavy atom. The van der Waals surface area contributed by atoms with Gasteiger partial charge in [-0.3, -0.25) is 0 Å². The molecule has 5 nitrogen and oxygen atoms in total. The van der Waals surface area contributed by atoms with Crippen LogP contribution in [0.4, 0.5) is 5.69 Å². The minimum Gasteiger partial charge on any atom is -0.399 e. The topological polar surface area (TPSA) is 83.6 Å². The molecule has 1 heterocycles. The molecule has 1 aromatic carbocycles. The Balaban J connectivity index is 2.41. The van der Waals surface area contributed by atoms with Gasteiger partial charge in [-0.2, -0.15) is 4.31 Å². The summed E-state index contributed by atoms with van der Waals surface area (Å²) in [5, 5.41) is 9.70. The lowest BCUT2D eigenvalue weighted by molar-refractivity contribution is 0.0629. The summed E-state index contributed by atoms with van der Waals surface area (Å²) in [6.45, 7) is 2.28. The van der Waals surface area contributed by atoms with Crippen LogP contribution in [-0.4, -0.2) is 37.0 Å². The number of hydrogen-bond acceptors (Lipinski definition) is 4. The molecule has 112 valence electrons. The largest absolute Gasteiger partial charge is 0.399 e. The Morgan fingerprint density at radius 2 is 1.90 bits per heavy atom. The van der Waals surface area contributed by atoms with Gasteiger partial charge in [-0.1, -0.05) is 30.1 Å². The van der Waals surface area contributed by atoms with Crippen molar-refractivity contribution in [3.63, 3.8) is 0 Å². The SMILES string of the molecule is CC1CN(S(=O)(=O)c2c(Cl)cc(N)cc2Cl)CCC1O. The molecule has 0 spiro atoms. The van der Waals surface area contributed by atoms with Crippen LogP contribution in [0.5, 0.6) is 0 Å². The predicted octanol–water partition coefficient (Wildman–Crippen LogP) is 1.97. The number of rotatable bonds is 2. The molecule has 0 radical (unpaired) electrons. The van der Waals surface area contributed by atoms with E-state index in [1.807, 2.05) is 0 Å². The van der Waals surface area contributed by atoms with Gasteiger partial charge < -0.3 is 10.8 Å². The van der Waals surface area contributed by atoms with Gasteiger partial charge in [0.25, 0.3) is 0 Å². The third-order valence-electron chi connectivity index (χ3n) is 3.44. The normalized spacial score (nSPS) is 24.8. The average molecular weight is 339 g/mol. The van der Waals surface area contributed by atoms with Crippen molar-refractivity contribution >= 4 is 38.9 Å². The number of halogens is 2. The van der Waals surface area contributed by atoms with Gasteiger partial charge in [0, 0.05) is 18.8 Å². The molecule has 2 unspecified atom stereocenters. The summed E-state index contributed by atoms with van der Waals surface area (Å²) in [6, 6.07) is 2.73. The fourth-order valence-electron chi connectivity index (χ4n) is 2.27. The smallest absolute Gasteiger partial charge is 0.246 e. The van der Waals surface area contributed by atoms with Crippen LogP contribution in [0.1, 0.15) is 13.3 Å². The van der Waals surface area contributed by atoms with E-state index in [0.29, 0.717) is 12.1 Å². The van der Waals surface area contributed by atoms with Gasteiger partial charge >= 0.3 is 0 Å². The van der Waals surface area contributed by atoms with Gasteiger partial charge in [-0.25, -0.2) is 8.42 Å². The summed E-state index contributed by atoms with van der Waals surface area (Å²) in [5.74, 6) is -0.134. The molecule has 0 saturated carbocycles. The van der Waals surface area contributed by atoms with E-state index in [1.54, 1.807) is 6.92 Å². The summed E-state index contributed by atoms with van der Waals surface area (Å²) in [7, 11) is -3.79. The second-order valence-electron chi connectivity index (χ2n) is 5.01. The number of piperidine rings is 1. The lowest BCUT2D eigenvalue weighted by Gasteiger charge is -2.33. The molecule has 1 aliphatic heterocycles. The molecule has 3 N–H and O–H groups in total. The van der Waals surface area contributed by atoms with Crippen molar-refractivity contribution in [2.45, 2.75) is 24.3 Å². The molecular formula is C12H16Cl2N2O3S. The van der Waals surface area contributed by atoms with Gasteiger partial charge in [0.15, 0.2) is 0 Å². The summed E-state index contributed by atoms with van der Waals surface area (Å²) >= 11 is 12.0. The lowest BCUT2D eigenvalue weighted by Crippen LogP contribution is -2.45. The Bertz CT molecular complexity index is 598. The summed E-state index contributed by atoms with van der Waals surface area (Å²) in [6.07, 6.45) is -0.0938. The molecule has 1 saturated heterocycles. The number of benzene rings is 1. The van der Waals surface area contributed by atoms with Crippen molar-refractivity contribution in [2.75, 3.05) is 18.8 Å². The maximum Gasteiger partial charge on any atom is 0.246 e. The van der Waals surface area contributed by atoms with Gasteiger partial charge in [0.05, 0.1) is 16.1 Å². The summed E-state index contributed by atoms with van der Waals surface area (Å²) in [5.41, 5.74) is 5.89. The van der Waals surface area contributed by atoms with Crippen LogP contribution in [-0.2, 0) is 10.0 Å². The molecule has 0 aliphatic carbocycles. The van der Waals surface area contributed by atoms with Crippen LogP contribution < -0.4 is 5.73 Å².